The van der Waals surface area contributed by atoms with Gasteiger partial charge in [-0.1, -0.05) is 0 Å². The zero-order valence-corrected chi connectivity index (χ0v) is 14.1. The second-order valence-corrected chi connectivity index (χ2v) is 6.44. The van der Waals surface area contributed by atoms with Gasteiger partial charge in [-0.3, -0.25) is 9.59 Å². The molecule has 25 heavy (non-hydrogen) atoms. The third-order valence-electron chi connectivity index (χ3n) is 5.20. The molecule has 0 bridgehead atoms. The first-order valence-electron chi connectivity index (χ1n) is 7.53. The molecule has 0 unspecified atom stereocenters. The molecule has 1 aromatic carbocycles. The van der Waals surface area contributed by atoms with Gasteiger partial charge in [0.05, 0.1) is 12.0 Å². The first kappa shape index (κ1) is 17.1. The molecule has 0 radical (unpaired) electrons. The molecule has 0 aromatic heterocycles. The molecule has 3 rings (SSSR count). The van der Waals surface area contributed by atoms with Gasteiger partial charge in [0.15, 0.2) is 17.3 Å². The lowest BCUT2D eigenvalue weighted by atomic mass is 9.68. The number of benzene rings is 1. The number of hydrogen-bond acceptors (Lipinski definition) is 8. The molecule has 8 heteroatoms. The van der Waals surface area contributed by atoms with Gasteiger partial charge in [0, 0.05) is 12.7 Å². The molecule has 2 atom stereocenters. The molecule has 0 fully saturated rings. The Morgan fingerprint density at radius 1 is 1.20 bits per heavy atom. The molecule has 0 amide bonds. The van der Waals surface area contributed by atoms with E-state index in [4.69, 9.17) is 9.47 Å². The van der Waals surface area contributed by atoms with Crippen molar-refractivity contribution in [2.45, 2.75) is 38.4 Å². The van der Waals surface area contributed by atoms with Gasteiger partial charge in [0.25, 0.3) is 0 Å². The van der Waals surface area contributed by atoms with Crippen LogP contribution in [0.15, 0.2) is 11.5 Å². The first-order valence-corrected chi connectivity index (χ1v) is 7.53. The number of aliphatic hydroxyl groups is 2. The standard InChI is InChI=1S/C17H18O8/c1-6-11(20)9(7(2)18)14-10(12(6)21)16(3)15(23)13(22)8(19)5-17(16,24-4)25-14/h20-23H,5H2,1-4H3/t16-,17+/m0/s1. The number of methoxy groups -OCH3 is 1. The van der Waals surface area contributed by atoms with Crippen molar-refractivity contribution in [2.75, 3.05) is 7.11 Å². The average molecular weight is 350 g/mol. The summed E-state index contributed by atoms with van der Waals surface area (Å²) in [7, 11) is 1.24. The fourth-order valence-corrected chi connectivity index (χ4v) is 3.67. The number of hydrogen-bond donors (Lipinski definition) is 4. The van der Waals surface area contributed by atoms with E-state index in [1.165, 1.54) is 27.9 Å². The number of phenolic OH excluding ortho intramolecular Hbond substituents is 2. The Labute approximate surface area is 142 Å². The summed E-state index contributed by atoms with van der Waals surface area (Å²) < 4.78 is 11.2. The highest BCUT2D eigenvalue weighted by Crippen LogP contribution is 2.62. The predicted molar refractivity (Wildman–Crippen MR) is 84.1 cm³/mol. The van der Waals surface area contributed by atoms with Crippen LogP contribution >= 0.6 is 0 Å². The molecule has 1 heterocycles. The van der Waals surface area contributed by atoms with Crippen molar-refractivity contribution < 1.29 is 39.5 Å². The fraction of sp³-hybridized carbons (Fsp3) is 0.412. The van der Waals surface area contributed by atoms with Gasteiger partial charge in [-0.2, -0.15) is 0 Å². The number of Topliss-reactive ketones (excluding diaryl/α,β-unsaturated/α-hetero) is 2. The van der Waals surface area contributed by atoms with Crippen molar-refractivity contribution >= 4 is 11.6 Å². The van der Waals surface area contributed by atoms with Gasteiger partial charge in [-0.15, -0.1) is 0 Å². The molecule has 0 saturated carbocycles. The molecule has 8 nitrogen and oxygen atoms in total. The van der Waals surface area contributed by atoms with Gasteiger partial charge in [0.2, 0.25) is 11.6 Å². The zero-order valence-electron chi connectivity index (χ0n) is 14.1. The van der Waals surface area contributed by atoms with E-state index < -0.39 is 52.2 Å². The number of aromatic hydroxyl groups is 2. The van der Waals surface area contributed by atoms with Crippen molar-refractivity contribution in [2.24, 2.45) is 0 Å². The largest absolute Gasteiger partial charge is 0.507 e. The molecule has 4 N–H and O–H groups in total. The number of rotatable bonds is 2. The third kappa shape index (κ3) is 1.74. The topological polar surface area (TPSA) is 134 Å². The van der Waals surface area contributed by atoms with E-state index in [9.17, 15) is 30.0 Å². The molecule has 1 aromatic rings. The smallest absolute Gasteiger partial charge is 0.234 e. The van der Waals surface area contributed by atoms with Gasteiger partial charge in [-0.05, 0) is 20.8 Å². The number of aliphatic hydroxyl groups excluding tert-OH is 2. The second kappa shape index (κ2) is 4.89. The lowest BCUT2D eigenvalue weighted by molar-refractivity contribution is -0.201. The Kier molecular flexibility index (Phi) is 3.34. The maximum Gasteiger partial charge on any atom is 0.234 e. The summed E-state index contributed by atoms with van der Waals surface area (Å²) in [5.41, 5.74) is -1.89. The van der Waals surface area contributed by atoms with Gasteiger partial charge >= 0.3 is 0 Å². The van der Waals surface area contributed by atoms with Crippen LogP contribution in [0.5, 0.6) is 17.2 Å². The summed E-state index contributed by atoms with van der Waals surface area (Å²) in [6.45, 7) is 4.01. The van der Waals surface area contributed by atoms with Gasteiger partial charge < -0.3 is 29.9 Å². The highest BCUT2D eigenvalue weighted by Gasteiger charge is 2.67. The lowest BCUT2D eigenvalue weighted by Gasteiger charge is -2.42. The van der Waals surface area contributed by atoms with Crippen LogP contribution in [-0.2, 0) is 14.9 Å². The highest BCUT2D eigenvalue weighted by molar-refractivity contribution is 6.02. The number of phenols is 2. The molecule has 0 spiro atoms. The summed E-state index contributed by atoms with van der Waals surface area (Å²) in [5, 5.41) is 41.3. The van der Waals surface area contributed by atoms with E-state index in [0.717, 1.165) is 0 Å². The third-order valence-corrected chi connectivity index (χ3v) is 5.20. The Morgan fingerprint density at radius 3 is 2.32 bits per heavy atom. The Hall–Kier alpha value is -2.74. The van der Waals surface area contributed by atoms with Crippen LogP contribution in [0.25, 0.3) is 0 Å². The minimum absolute atomic E-state index is 0.00451. The molecular formula is C17H18O8. The van der Waals surface area contributed by atoms with Crippen LogP contribution in [0, 0.1) is 6.92 Å². The van der Waals surface area contributed by atoms with Crippen molar-refractivity contribution in [1.29, 1.82) is 0 Å². The maximum atomic E-state index is 12.0. The number of ether oxygens (including phenoxy) is 2. The maximum absolute atomic E-state index is 12.0. The first-order chi connectivity index (χ1) is 11.5. The summed E-state index contributed by atoms with van der Waals surface area (Å²) in [6, 6.07) is 0. The Morgan fingerprint density at radius 2 is 1.80 bits per heavy atom. The SMILES string of the molecule is CO[C@@]12CC(=O)C(O)=C(O)[C@]1(C)c1c(O)c(C)c(O)c(C(C)=O)c1O2. The van der Waals surface area contributed by atoms with Gasteiger partial charge in [-0.25, -0.2) is 0 Å². The molecule has 134 valence electrons. The number of carbonyl (C=O) groups excluding carboxylic acids is 2. The zero-order chi connectivity index (χ0) is 18.9. The van der Waals surface area contributed by atoms with Crippen molar-refractivity contribution in [1.82, 2.24) is 0 Å². The van der Waals surface area contributed by atoms with E-state index in [0.29, 0.717) is 0 Å². The van der Waals surface area contributed by atoms with Crippen LogP contribution in [0.3, 0.4) is 0 Å². The summed E-state index contributed by atoms with van der Waals surface area (Å²) >= 11 is 0. The number of allylic oxidation sites excluding steroid dienone is 1. The van der Waals surface area contributed by atoms with Gasteiger partial charge in [0.1, 0.15) is 28.2 Å². The highest BCUT2D eigenvalue weighted by atomic mass is 16.7. The van der Waals surface area contributed by atoms with Crippen LogP contribution in [0.2, 0.25) is 0 Å². The predicted octanol–water partition coefficient (Wildman–Crippen LogP) is 1.90. The van der Waals surface area contributed by atoms with Crippen LogP contribution in [0.1, 0.15) is 41.8 Å². The number of fused-ring (bicyclic) bond motifs is 3. The van der Waals surface area contributed by atoms with Crippen molar-refractivity contribution in [3.8, 4) is 17.2 Å². The Bertz CT molecular complexity index is 868. The van der Waals surface area contributed by atoms with Crippen LogP contribution in [0.4, 0.5) is 0 Å². The number of carbonyl (C=O) groups is 2. The Balaban J connectivity index is 2.50. The summed E-state index contributed by atoms with van der Waals surface area (Å²) in [6.07, 6.45) is -0.457. The second-order valence-electron chi connectivity index (χ2n) is 6.44. The molecule has 2 aliphatic rings. The van der Waals surface area contributed by atoms with Crippen LogP contribution in [-0.4, -0.2) is 44.9 Å². The normalized spacial score (nSPS) is 27.8. The van der Waals surface area contributed by atoms with Crippen LogP contribution < -0.4 is 4.74 Å². The van der Waals surface area contributed by atoms with Crippen molar-refractivity contribution in [3.05, 3.63) is 28.2 Å². The quantitative estimate of drug-likeness (QED) is 0.594. The monoisotopic (exact) mass is 350 g/mol. The molecule has 0 saturated heterocycles. The average Bonchev–Trinajstić information content (AvgIpc) is 2.81. The van der Waals surface area contributed by atoms with E-state index in [2.05, 4.69) is 0 Å². The van der Waals surface area contributed by atoms with Crippen molar-refractivity contribution in [3.63, 3.8) is 0 Å². The molecular weight excluding hydrogens is 332 g/mol. The number of ketones is 2. The summed E-state index contributed by atoms with van der Waals surface area (Å²) in [4.78, 5) is 24.1. The van der Waals surface area contributed by atoms with E-state index in [-0.39, 0.29) is 22.4 Å². The van der Waals surface area contributed by atoms with E-state index >= 15 is 0 Å². The van der Waals surface area contributed by atoms with E-state index in [1.807, 2.05) is 0 Å². The molecule has 1 aliphatic heterocycles. The van der Waals surface area contributed by atoms with E-state index in [1.54, 1.807) is 0 Å². The fourth-order valence-electron chi connectivity index (χ4n) is 3.67. The lowest BCUT2D eigenvalue weighted by Crippen LogP contribution is -2.57. The minimum Gasteiger partial charge on any atom is -0.507 e. The summed E-state index contributed by atoms with van der Waals surface area (Å²) in [5.74, 6) is -5.81. The minimum atomic E-state index is -1.79. The molecule has 1 aliphatic carbocycles.